The van der Waals surface area contributed by atoms with Gasteiger partial charge in [0, 0.05) is 24.3 Å². The maximum absolute atomic E-state index is 10.7. The van der Waals surface area contributed by atoms with Crippen LogP contribution in [0.3, 0.4) is 0 Å². The molecule has 1 aromatic rings. The van der Waals surface area contributed by atoms with Crippen LogP contribution in [0, 0.1) is 21.4 Å². The summed E-state index contributed by atoms with van der Waals surface area (Å²) in [6.07, 6.45) is 0.966. The smallest absolute Gasteiger partial charge is 0.287 e. The first-order chi connectivity index (χ1) is 9.45. The molecule has 0 unspecified atom stereocenters. The van der Waals surface area contributed by atoms with E-state index in [1.807, 2.05) is 6.07 Å². The minimum Gasteiger partial charge on any atom is -0.385 e. The lowest BCUT2D eigenvalue weighted by molar-refractivity contribution is -0.385. The molecule has 6 nitrogen and oxygen atoms in total. The molecule has 20 heavy (non-hydrogen) atoms. The van der Waals surface area contributed by atoms with E-state index in [1.54, 1.807) is 6.07 Å². The molecule has 0 aliphatic rings. The minimum atomic E-state index is -0.542. The summed E-state index contributed by atoms with van der Waals surface area (Å²) in [5, 5.41) is 22.8. The molecule has 0 saturated heterocycles. The van der Waals surface area contributed by atoms with Crippen LogP contribution in [0.2, 0.25) is 0 Å². The van der Waals surface area contributed by atoms with Crippen molar-refractivity contribution in [3.05, 3.63) is 33.9 Å². The van der Waals surface area contributed by atoms with Gasteiger partial charge in [0.05, 0.1) is 4.92 Å². The van der Waals surface area contributed by atoms with Crippen LogP contribution in [0.25, 0.3) is 0 Å². The summed E-state index contributed by atoms with van der Waals surface area (Å²) in [6, 6.07) is 6.87. The fourth-order valence-electron chi connectivity index (χ4n) is 1.71. The highest BCUT2D eigenvalue weighted by atomic mass is 16.6. The van der Waals surface area contributed by atoms with Gasteiger partial charge in [-0.3, -0.25) is 10.1 Å². The Hall–Kier alpha value is -2.13. The average Bonchev–Trinajstić information content (AvgIpc) is 2.42. The van der Waals surface area contributed by atoms with Crippen molar-refractivity contribution in [2.24, 2.45) is 0 Å². The first-order valence-corrected chi connectivity index (χ1v) is 6.58. The lowest BCUT2D eigenvalue weighted by atomic mass is 10.1. The quantitative estimate of drug-likeness (QED) is 0.470. The fourth-order valence-corrected chi connectivity index (χ4v) is 1.71. The summed E-state index contributed by atoms with van der Waals surface area (Å²) < 4.78 is 0. The molecule has 0 spiro atoms. The second-order valence-corrected chi connectivity index (χ2v) is 4.96. The standard InChI is InChI=1S/C14H20N4O2/c1-11(2)17(3)8-4-7-16-13-5-6-14(18(19)20)12(9-13)10-15/h5-6,9,11,16H,4,7-8H2,1-3H3. The van der Waals surface area contributed by atoms with Gasteiger partial charge in [0.2, 0.25) is 0 Å². The molecule has 0 bridgehead atoms. The third kappa shape index (κ3) is 4.52. The molecular formula is C14H20N4O2. The minimum absolute atomic E-state index is 0.0827. The molecule has 0 atom stereocenters. The largest absolute Gasteiger partial charge is 0.385 e. The van der Waals surface area contributed by atoms with Gasteiger partial charge in [-0.25, -0.2) is 0 Å². The van der Waals surface area contributed by atoms with E-state index in [0.717, 1.165) is 25.2 Å². The van der Waals surface area contributed by atoms with E-state index in [2.05, 4.69) is 31.1 Å². The van der Waals surface area contributed by atoms with E-state index in [4.69, 9.17) is 5.26 Å². The lowest BCUT2D eigenvalue weighted by Crippen LogP contribution is -2.28. The van der Waals surface area contributed by atoms with Crippen molar-refractivity contribution in [1.82, 2.24) is 4.90 Å². The van der Waals surface area contributed by atoms with Gasteiger partial charge in [0.15, 0.2) is 0 Å². The van der Waals surface area contributed by atoms with Crippen molar-refractivity contribution in [2.75, 3.05) is 25.5 Å². The Balaban J connectivity index is 2.54. The number of rotatable bonds is 7. The number of nitrogens with zero attached hydrogens (tertiary/aromatic N) is 3. The van der Waals surface area contributed by atoms with Gasteiger partial charge in [0.25, 0.3) is 5.69 Å². The van der Waals surface area contributed by atoms with E-state index < -0.39 is 4.92 Å². The van der Waals surface area contributed by atoms with Crippen molar-refractivity contribution in [2.45, 2.75) is 26.3 Å². The van der Waals surface area contributed by atoms with Crippen LogP contribution in [0.1, 0.15) is 25.8 Å². The molecule has 108 valence electrons. The summed E-state index contributed by atoms with van der Waals surface area (Å²) in [5.41, 5.74) is 0.663. The molecule has 0 fully saturated rings. The van der Waals surface area contributed by atoms with Gasteiger partial charge in [-0.2, -0.15) is 5.26 Å². The molecule has 0 heterocycles. The Kier molecular flexibility index (Phi) is 5.94. The number of hydrogen-bond donors (Lipinski definition) is 1. The molecule has 1 N–H and O–H groups in total. The Morgan fingerprint density at radius 2 is 2.20 bits per heavy atom. The van der Waals surface area contributed by atoms with Gasteiger partial charge < -0.3 is 10.2 Å². The molecule has 0 saturated carbocycles. The zero-order valence-corrected chi connectivity index (χ0v) is 12.1. The number of nitro groups is 1. The van der Waals surface area contributed by atoms with Gasteiger partial charge in [-0.05, 0) is 46.0 Å². The van der Waals surface area contributed by atoms with Crippen LogP contribution < -0.4 is 5.32 Å². The molecule has 1 rings (SSSR count). The average molecular weight is 276 g/mol. The van der Waals surface area contributed by atoms with Gasteiger partial charge in [0.1, 0.15) is 11.6 Å². The third-order valence-corrected chi connectivity index (χ3v) is 3.21. The van der Waals surface area contributed by atoms with E-state index in [9.17, 15) is 10.1 Å². The van der Waals surface area contributed by atoms with Crippen molar-refractivity contribution in [1.29, 1.82) is 5.26 Å². The lowest BCUT2D eigenvalue weighted by Gasteiger charge is -2.20. The molecule has 6 heteroatoms. The zero-order chi connectivity index (χ0) is 15.1. The Labute approximate surface area is 119 Å². The highest BCUT2D eigenvalue weighted by Gasteiger charge is 2.13. The van der Waals surface area contributed by atoms with E-state index >= 15 is 0 Å². The molecule has 0 radical (unpaired) electrons. The first-order valence-electron chi connectivity index (χ1n) is 6.58. The first kappa shape index (κ1) is 15.9. The monoisotopic (exact) mass is 276 g/mol. The van der Waals surface area contributed by atoms with Gasteiger partial charge in [-0.15, -0.1) is 0 Å². The topological polar surface area (TPSA) is 82.2 Å². The number of anilines is 1. The van der Waals surface area contributed by atoms with Gasteiger partial charge in [-0.1, -0.05) is 0 Å². The fraction of sp³-hybridized carbons (Fsp3) is 0.500. The van der Waals surface area contributed by atoms with E-state index in [0.29, 0.717) is 6.04 Å². The van der Waals surface area contributed by atoms with Gasteiger partial charge >= 0.3 is 0 Å². The van der Waals surface area contributed by atoms with Crippen molar-refractivity contribution in [3.63, 3.8) is 0 Å². The molecular weight excluding hydrogens is 256 g/mol. The molecule has 0 aliphatic carbocycles. The van der Waals surface area contributed by atoms with Crippen LogP contribution in [0.5, 0.6) is 0 Å². The Morgan fingerprint density at radius 3 is 2.75 bits per heavy atom. The highest BCUT2D eigenvalue weighted by molar-refractivity contribution is 5.58. The predicted octanol–water partition coefficient (Wildman–Crippen LogP) is 2.61. The number of nitriles is 1. The van der Waals surface area contributed by atoms with Crippen molar-refractivity contribution < 1.29 is 4.92 Å². The van der Waals surface area contributed by atoms with E-state index in [-0.39, 0.29) is 11.3 Å². The number of hydrogen-bond acceptors (Lipinski definition) is 5. The van der Waals surface area contributed by atoms with Crippen molar-refractivity contribution >= 4 is 11.4 Å². The van der Waals surface area contributed by atoms with Crippen LogP contribution >= 0.6 is 0 Å². The molecule has 0 amide bonds. The van der Waals surface area contributed by atoms with Crippen LogP contribution in [0.4, 0.5) is 11.4 Å². The number of benzene rings is 1. The van der Waals surface area contributed by atoms with E-state index in [1.165, 1.54) is 12.1 Å². The SMILES string of the molecule is CC(C)N(C)CCCNc1ccc([N+](=O)[O-])c(C#N)c1. The molecule has 1 aromatic carbocycles. The summed E-state index contributed by atoms with van der Waals surface area (Å²) in [4.78, 5) is 12.4. The molecule has 0 aliphatic heterocycles. The maximum atomic E-state index is 10.7. The van der Waals surface area contributed by atoms with Crippen LogP contribution in [-0.4, -0.2) is 36.0 Å². The zero-order valence-electron chi connectivity index (χ0n) is 12.1. The highest BCUT2D eigenvalue weighted by Crippen LogP contribution is 2.21. The number of nitrogens with one attached hydrogen (secondary N) is 1. The summed E-state index contributed by atoms with van der Waals surface area (Å²) >= 11 is 0. The molecule has 0 aromatic heterocycles. The summed E-state index contributed by atoms with van der Waals surface area (Å²) in [5.74, 6) is 0. The Morgan fingerprint density at radius 1 is 1.50 bits per heavy atom. The Bertz CT molecular complexity index is 508. The predicted molar refractivity (Wildman–Crippen MR) is 78.7 cm³/mol. The third-order valence-electron chi connectivity index (χ3n) is 3.21. The normalized spacial score (nSPS) is 10.6. The number of nitro benzene ring substituents is 1. The summed E-state index contributed by atoms with van der Waals surface area (Å²) in [7, 11) is 2.07. The maximum Gasteiger partial charge on any atom is 0.287 e. The van der Waals surface area contributed by atoms with Crippen LogP contribution in [-0.2, 0) is 0 Å². The second kappa shape index (κ2) is 7.46. The second-order valence-electron chi connectivity index (χ2n) is 4.96. The van der Waals surface area contributed by atoms with Crippen LogP contribution in [0.15, 0.2) is 18.2 Å². The van der Waals surface area contributed by atoms with Crippen molar-refractivity contribution in [3.8, 4) is 6.07 Å². The summed E-state index contributed by atoms with van der Waals surface area (Å²) in [6.45, 7) is 6.02.